The Balaban J connectivity index is 1.09. The van der Waals surface area contributed by atoms with Crippen LogP contribution in [0.4, 0.5) is 34.1 Å². The highest BCUT2D eigenvalue weighted by molar-refractivity contribution is 5.89. The summed E-state index contributed by atoms with van der Waals surface area (Å²) < 4.78 is 0. The zero-order valence-electron chi connectivity index (χ0n) is 35.1. The van der Waals surface area contributed by atoms with E-state index < -0.39 is 0 Å². The van der Waals surface area contributed by atoms with Gasteiger partial charge in [0.05, 0.1) is 11.4 Å². The molecule has 0 bridgehead atoms. The Bertz CT molecular complexity index is 2940. The van der Waals surface area contributed by atoms with Crippen LogP contribution in [0.15, 0.2) is 194 Å². The molecule has 2 heteroatoms. The summed E-state index contributed by atoms with van der Waals surface area (Å²) in [6.07, 6.45) is 5.98. The van der Waals surface area contributed by atoms with E-state index in [1.807, 2.05) is 0 Å². The highest BCUT2D eigenvalue weighted by Gasteiger charge is 2.60. The molecule has 12 rings (SSSR count). The van der Waals surface area contributed by atoms with E-state index in [1.165, 1.54) is 97.9 Å². The third kappa shape index (κ3) is 5.41. The van der Waals surface area contributed by atoms with E-state index in [0.717, 1.165) is 12.8 Å². The van der Waals surface area contributed by atoms with Crippen LogP contribution in [-0.2, 0) is 23.7 Å². The molecule has 0 aliphatic heterocycles. The first-order valence-corrected chi connectivity index (χ1v) is 22.4. The molecule has 61 heavy (non-hydrogen) atoms. The van der Waals surface area contributed by atoms with E-state index in [0.29, 0.717) is 11.8 Å². The number of anilines is 6. The van der Waals surface area contributed by atoms with Crippen molar-refractivity contribution in [3.63, 3.8) is 0 Å². The molecule has 4 aliphatic carbocycles. The molecular formula is C59H50N2. The minimum atomic E-state index is -0.139. The van der Waals surface area contributed by atoms with Crippen LogP contribution < -0.4 is 9.80 Å². The average Bonchev–Trinajstić information content (AvgIpc) is 3.92. The van der Waals surface area contributed by atoms with Gasteiger partial charge in [-0.15, -0.1) is 0 Å². The average molecular weight is 787 g/mol. The largest absolute Gasteiger partial charge is 0.310 e. The van der Waals surface area contributed by atoms with Gasteiger partial charge in [-0.2, -0.15) is 0 Å². The number of para-hydroxylation sites is 2. The summed E-state index contributed by atoms with van der Waals surface area (Å²) in [6, 6.07) is 73.0. The number of benzene rings is 8. The molecule has 3 unspecified atom stereocenters. The van der Waals surface area contributed by atoms with E-state index in [-0.39, 0.29) is 10.8 Å². The molecule has 4 aliphatic rings. The molecule has 2 nitrogen and oxygen atoms in total. The molecule has 1 spiro atoms. The van der Waals surface area contributed by atoms with Crippen molar-refractivity contribution in [1.82, 2.24) is 0 Å². The quantitative estimate of drug-likeness (QED) is 0.159. The lowest BCUT2D eigenvalue weighted by atomic mass is 9.58. The van der Waals surface area contributed by atoms with Crippen LogP contribution in [0.2, 0.25) is 0 Å². The lowest BCUT2D eigenvalue weighted by Gasteiger charge is -2.46. The van der Waals surface area contributed by atoms with Gasteiger partial charge in [-0.1, -0.05) is 154 Å². The van der Waals surface area contributed by atoms with Crippen molar-refractivity contribution in [2.75, 3.05) is 9.80 Å². The predicted octanol–water partition coefficient (Wildman–Crippen LogP) is 15.4. The molecule has 0 N–H and O–H groups in total. The molecule has 296 valence electrons. The fraction of sp³-hybridized carbons (Fsp3) is 0.186. The number of hydrogen-bond donors (Lipinski definition) is 0. The number of hydrogen-bond acceptors (Lipinski definition) is 2. The molecule has 3 atom stereocenters. The van der Waals surface area contributed by atoms with Gasteiger partial charge in [0.25, 0.3) is 0 Å². The third-order valence-electron chi connectivity index (χ3n) is 15.0. The van der Waals surface area contributed by atoms with Crippen LogP contribution in [0.5, 0.6) is 0 Å². The summed E-state index contributed by atoms with van der Waals surface area (Å²) in [5.41, 5.74) is 21.3. The lowest BCUT2D eigenvalue weighted by molar-refractivity contribution is 0.177. The smallest absolute Gasteiger partial charge is 0.0505 e. The second kappa shape index (κ2) is 14.0. The van der Waals surface area contributed by atoms with Gasteiger partial charge in [-0.25, -0.2) is 0 Å². The molecule has 8 aromatic rings. The highest BCUT2D eigenvalue weighted by Crippen LogP contribution is 2.67. The van der Waals surface area contributed by atoms with Crippen LogP contribution >= 0.6 is 0 Å². The first kappa shape index (κ1) is 36.2. The van der Waals surface area contributed by atoms with Gasteiger partial charge in [-0.05, 0) is 154 Å². The number of fused-ring (bicyclic) bond motifs is 5. The van der Waals surface area contributed by atoms with Gasteiger partial charge in [0.1, 0.15) is 0 Å². The van der Waals surface area contributed by atoms with Crippen molar-refractivity contribution in [3.8, 4) is 22.3 Å². The monoisotopic (exact) mass is 786 g/mol. The SMILES string of the molecule is CC1(C)c2ccccc2-c2ccc(N(c3ccccc3)c3cccc4c3C35c6c(cccc6N(c6ccccc6)c6cccc(-c7ccccc7)c6)CC3CCCC5C4)cc21. The van der Waals surface area contributed by atoms with E-state index in [2.05, 4.69) is 218 Å². The van der Waals surface area contributed by atoms with Crippen LogP contribution in [0.3, 0.4) is 0 Å². The van der Waals surface area contributed by atoms with E-state index in [9.17, 15) is 0 Å². The molecule has 1 saturated carbocycles. The van der Waals surface area contributed by atoms with Crippen molar-refractivity contribution in [2.24, 2.45) is 11.8 Å². The Morgan fingerprint density at radius 2 is 0.902 bits per heavy atom. The second-order valence-electron chi connectivity index (χ2n) is 18.4. The minimum Gasteiger partial charge on any atom is -0.310 e. The van der Waals surface area contributed by atoms with Crippen LogP contribution in [0.25, 0.3) is 22.3 Å². The highest BCUT2D eigenvalue weighted by atomic mass is 15.2. The van der Waals surface area contributed by atoms with Crippen molar-refractivity contribution in [3.05, 3.63) is 228 Å². The molecule has 1 fully saturated rings. The Kier molecular flexibility index (Phi) is 8.29. The molecule has 0 saturated heterocycles. The summed E-state index contributed by atoms with van der Waals surface area (Å²) in [5.74, 6) is 1.04. The van der Waals surface area contributed by atoms with Crippen molar-refractivity contribution in [2.45, 2.75) is 56.8 Å². The summed E-state index contributed by atoms with van der Waals surface area (Å²) >= 11 is 0. The first-order valence-electron chi connectivity index (χ1n) is 22.4. The first-order chi connectivity index (χ1) is 30.0. The maximum Gasteiger partial charge on any atom is 0.0505 e. The summed E-state index contributed by atoms with van der Waals surface area (Å²) in [5, 5.41) is 0. The minimum absolute atomic E-state index is 0.0980. The van der Waals surface area contributed by atoms with Crippen LogP contribution in [-0.4, -0.2) is 0 Å². The molecular weight excluding hydrogens is 737 g/mol. The maximum absolute atomic E-state index is 2.61. The van der Waals surface area contributed by atoms with Crippen molar-refractivity contribution >= 4 is 34.1 Å². The molecule has 8 aromatic carbocycles. The lowest BCUT2D eigenvalue weighted by Crippen LogP contribution is -2.42. The van der Waals surface area contributed by atoms with Crippen molar-refractivity contribution in [1.29, 1.82) is 0 Å². The Labute approximate surface area is 360 Å². The third-order valence-corrected chi connectivity index (χ3v) is 15.0. The Hall–Kier alpha value is -6.64. The molecule has 0 aromatic heterocycles. The predicted molar refractivity (Wildman–Crippen MR) is 254 cm³/mol. The second-order valence-corrected chi connectivity index (χ2v) is 18.4. The Morgan fingerprint density at radius 3 is 1.52 bits per heavy atom. The van der Waals surface area contributed by atoms with Gasteiger partial charge in [0, 0.05) is 33.6 Å². The number of rotatable bonds is 7. The van der Waals surface area contributed by atoms with Gasteiger partial charge in [0.15, 0.2) is 0 Å². The Morgan fingerprint density at radius 1 is 0.410 bits per heavy atom. The summed E-state index contributed by atoms with van der Waals surface area (Å²) in [6.45, 7) is 4.80. The maximum atomic E-state index is 2.61. The normalized spacial score (nSPS) is 19.8. The number of nitrogens with zero attached hydrogens (tertiary/aromatic N) is 2. The zero-order chi connectivity index (χ0) is 40.7. The van der Waals surface area contributed by atoms with Crippen molar-refractivity contribution < 1.29 is 0 Å². The van der Waals surface area contributed by atoms with Gasteiger partial charge >= 0.3 is 0 Å². The summed E-state index contributed by atoms with van der Waals surface area (Å²) in [7, 11) is 0. The fourth-order valence-corrected chi connectivity index (χ4v) is 12.5. The van der Waals surface area contributed by atoms with Gasteiger partial charge in [0.2, 0.25) is 0 Å². The molecule has 0 radical (unpaired) electrons. The van der Waals surface area contributed by atoms with Crippen LogP contribution in [0, 0.1) is 11.8 Å². The van der Waals surface area contributed by atoms with E-state index in [1.54, 1.807) is 11.1 Å². The zero-order valence-corrected chi connectivity index (χ0v) is 35.1. The standard InChI is InChI=1S/C59H50N2/c1-58(2)52-31-13-12-30-50(52)51-35-34-49(39-53(51)58)61(47-27-10-5-11-28-47)55-33-16-22-43-37-45-24-17-23-44-36-42-21-15-32-54(56(42)59(44,45)57(43)55)60(46-25-8-4-9-26-46)48-29-14-20-41(38-48)40-18-6-3-7-19-40/h3-16,18-22,25-35,38-39,44-45H,17,23-24,36-37H2,1-2H3. The van der Waals surface area contributed by atoms with Crippen LogP contribution in [0.1, 0.15) is 66.5 Å². The fourth-order valence-electron chi connectivity index (χ4n) is 12.5. The van der Waals surface area contributed by atoms with E-state index in [4.69, 9.17) is 0 Å². The molecule has 0 heterocycles. The van der Waals surface area contributed by atoms with Gasteiger partial charge in [-0.3, -0.25) is 0 Å². The van der Waals surface area contributed by atoms with Gasteiger partial charge < -0.3 is 9.80 Å². The van der Waals surface area contributed by atoms with E-state index >= 15 is 0 Å². The molecule has 0 amide bonds. The summed E-state index contributed by atoms with van der Waals surface area (Å²) in [4.78, 5) is 5.18. The topological polar surface area (TPSA) is 6.48 Å².